The summed E-state index contributed by atoms with van der Waals surface area (Å²) in [4.78, 5) is 45.4. The van der Waals surface area contributed by atoms with E-state index in [4.69, 9.17) is 9.47 Å². The maximum absolute atomic E-state index is 14.6. The molecule has 0 saturated carbocycles. The lowest BCUT2D eigenvalue weighted by Gasteiger charge is -2.39. The quantitative estimate of drug-likeness (QED) is 0.271. The van der Waals surface area contributed by atoms with Gasteiger partial charge in [-0.15, -0.1) is 13.2 Å². The highest BCUT2D eigenvalue weighted by molar-refractivity contribution is 6.05. The third kappa shape index (κ3) is 4.09. The third-order valence-corrected chi connectivity index (χ3v) is 8.70. The van der Waals surface area contributed by atoms with Crippen LogP contribution in [0.25, 0.3) is 0 Å². The van der Waals surface area contributed by atoms with Crippen molar-refractivity contribution in [3.63, 3.8) is 0 Å². The monoisotopic (exact) mass is 524 g/mol. The number of para-hydroxylation sites is 1. The number of aliphatic hydroxyl groups excluding tert-OH is 1. The summed E-state index contributed by atoms with van der Waals surface area (Å²) in [5, 5.41) is 10.1. The number of rotatable bonds is 11. The van der Waals surface area contributed by atoms with Crippen LogP contribution in [-0.4, -0.2) is 70.8 Å². The lowest BCUT2D eigenvalue weighted by Crippen LogP contribution is -2.58. The van der Waals surface area contributed by atoms with Crippen LogP contribution in [0.2, 0.25) is 0 Å². The van der Waals surface area contributed by atoms with E-state index in [-0.39, 0.29) is 31.6 Å². The first-order valence-corrected chi connectivity index (χ1v) is 13.5. The fourth-order valence-corrected chi connectivity index (χ4v) is 6.99. The number of likely N-dealkylation sites (tertiary alicyclic amines) is 1. The van der Waals surface area contributed by atoms with Gasteiger partial charge < -0.3 is 24.4 Å². The second kappa shape index (κ2) is 10.7. The van der Waals surface area contributed by atoms with Gasteiger partial charge in [-0.3, -0.25) is 14.4 Å². The molecule has 2 bridgehead atoms. The first-order chi connectivity index (χ1) is 18.1. The Labute approximate surface area is 225 Å². The predicted molar refractivity (Wildman–Crippen MR) is 144 cm³/mol. The van der Waals surface area contributed by atoms with E-state index in [0.29, 0.717) is 25.7 Å². The van der Waals surface area contributed by atoms with Gasteiger partial charge in [-0.05, 0) is 57.6 Å². The number of hydrogen-bond acceptors (Lipinski definition) is 6. The Morgan fingerprint density at radius 1 is 1.26 bits per heavy atom. The summed E-state index contributed by atoms with van der Waals surface area (Å²) in [6.45, 7) is 15.2. The van der Waals surface area contributed by atoms with Crippen molar-refractivity contribution in [1.82, 2.24) is 4.90 Å². The van der Waals surface area contributed by atoms with Gasteiger partial charge in [0.25, 0.3) is 5.91 Å². The summed E-state index contributed by atoms with van der Waals surface area (Å²) in [6.07, 6.45) is 5.37. The summed E-state index contributed by atoms with van der Waals surface area (Å²) >= 11 is 0. The van der Waals surface area contributed by atoms with E-state index >= 15 is 0 Å². The molecule has 1 aromatic carbocycles. The second-order valence-electron chi connectivity index (χ2n) is 10.8. The average molecular weight is 525 g/mol. The van der Waals surface area contributed by atoms with E-state index in [2.05, 4.69) is 13.2 Å². The summed E-state index contributed by atoms with van der Waals surface area (Å²) < 4.78 is 12.4. The van der Waals surface area contributed by atoms with Gasteiger partial charge in [-0.1, -0.05) is 37.3 Å². The van der Waals surface area contributed by atoms with Crippen LogP contribution in [0.1, 0.15) is 50.7 Å². The standard InChI is InChI=1S/C30H40N2O6/c1-7-10-17-37-28(36)23-22-26(34)32(21(6)18-33)25(30(22)15-14-29(23,9-3)38-30)27(35)31(16-8-2)24-19(4)12-11-13-20(24)5/h7-8,11-13,21-23,25,33H,1-2,9-10,14-18H2,3-6H3/t21-,22+,23-,25?,29+,30?/m1/s1. The largest absolute Gasteiger partial charge is 0.465 e. The summed E-state index contributed by atoms with van der Waals surface area (Å²) in [6, 6.07) is 4.19. The average Bonchev–Trinajstić information content (AvgIpc) is 3.51. The first kappa shape index (κ1) is 28.0. The van der Waals surface area contributed by atoms with E-state index < -0.39 is 41.1 Å². The van der Waals surface area contributed by atoms with Gasteiger partial charge in [-0.2, -0.15) is 0 Å². The van der Waals surface area contributed by atoms with Crippen molar-refractivity contribution >= 4 is 23.5 Å². The predicted octanol–water partition coefficient (Wildman–Crippen LogP) is 3.48. The number of aliphatic hydroxyl groups is 1. The van der Waals surface area contributed by atoms with Gasteiger partial charge in [0.15, 0.2) is 0 Å². The van der Waals surface area contributed by atoms with Crippen molar-refractivity contribution < 1.29 is 29.0 Å². The fourth-order valence-electron chi connectivity index (χ4n) is 6.99. The molecule has 0 aromatic heterocycles. The molecule has 2 amide bonds. The molecule has 38 heavy (non-hydrogen) atoms. The van der Waals surface area contributed by atoms with Gasteiger partial charge in [0.05, 0.1) is 30.8 Å². The molecule has 3 heterocycles. The van der Waals surface area contributed by atoms with Crippen LogP contribution in [0.4, 0.5) is 5.69 Å². The van der Waals surface area contributed by atoms with Crippen molar-refractivity contribution in [2.75, 3.05) is 24.7 Å². The molecule has 3 aliphatic heterocycles. The number of amides is 2. The Morgan fingerprint density at radius 3 is 2.53 bits per heavy atom. The van der Waals surface area contributed by atoms with Gasteiger partial charge in [0.1, 0.15) is 17.6 Å². The normalized spacial score (nSPS) is 30.2. The summed E-state index contributed by atoms with van der Waals surface area (Å²) in [7, 11) is 0. The third-order valence-electron chi connectivity index (χ3n) is 8.70. The van der Waals surface area contributed by atoms with E-state index in [1.807, 2.05) is 39.0 Å². The molecule has 6 atom stereocenters. The molecule has 206 valence electrons. The molecule has 1 N–H and O–H groups in total. The second-order valence-corrected chi connectivity index (χ2v) is 10.8. The molecule has 8 heteroatoms. The van der Waals surface area contributed by atoms with Gasteiger partial charge in [0.2, 0.25) is 5.91 Å². The van der Waals surface area contributed by atoms with Crippen LogP contribution in [0.3, 0.4) is 0 Å². The number of carbonyl (C=O) groups is 3. The maximum atomic E-state index is 14.6. The molecular weight excluding hydrogens is 484 g/mol. The lowest BCUT2D eigenvalue weighted by atomic mass is 9.65. The van der Waals surface area contributed by atoms with Crippen molar-refractivity contribution in [3.8, 4) is 0 Å². The molecule has 2 unspecified atom stereocenters. The zero-order valence-corrected chi connectivity index (χ0v) is 22.9. The van der Waals surface area contributed by atoms with Gasteiger partial charge in [0, 0.05) is 12.2 Å². The van der Waals surface area contributed by atoms with Gasteiger partial charge in [-0.25, -0.2) is 0 Å². The zero-order valence-electron chi connectivity index (χ0n) is 22.9. The number of benzene rings is 1. The highest BCUT2D eigenvalue weighted by Gasteiger charge is 2.79. The molecule has 0 radical (unpaired) electrons. The molecule has 3 saturated heterocycles. The highest BCUT2D eigenvalue weighted by Crippen LogP contribution is 2.65. The Hall–Kier alpha value is -2.97. The van der Waals surface area contributed by atoms with E-state index in [0.717, 1.165) is 16.8 Å². The van der Waals surface area contributed by atoms with Crippen molar-refractivity contribution in [2.24, 2.45) is 11.8 Å². The highest BCUT2D eigenvalue weighted by atomic mass is 16.6. The Kier molecular flexibility index (Phi) is 7.86. The van der Waals surface area contributed by atoms with E-state index in [1.165, 1.54) is 4.90 Å². The number of anilines is 1. The van der Waals surface area contributed by atoms with Crippen LogP contribution >= 0.6 is 0 Å². The molecule has 4 rings (SSSR count). The molecule has 3 fully saturated rings. The SMILES string of the molecule is C=CCCOC(=O)[C@H]1[C@H]2C(=O)N([C@H](C)CO)C(C(=O)N(CC=C)c3c(C)cccc3C)C23CC[C@]1(CC)O3. The van der Waals surface area contributed by atoms with Crippen molar-refractivity contribution in [2.45, 2.75) is 76.7 Å². The Balaban J connectivity index is 1.84. The lowest BCUT2D eigenvalue weighted by molar-refractivity contribution is -0.161. The fraction of sp³-hybridized carbons (Fsp3) is 0.567. The zero-order chi connectivity index (χ0) is 27.8. The minimum absolute atomic E-state index is 0.172. The topological polar surface area (TPSA) is 96.4 Å². The van der Waals surface area contributed by atoms with Crippen LogP contribution in [0.15, 0.2) is 43.5 Å². The number of fused-ring (bicyclic) bond motifs is 1. The Morgan fingerprint density at radius 2 is 1.95 bits per heavy atom. The van der Waals surface area contributed by atoms with Crippen LogP contribution in [-0.2, 0) is 23.9 Å². The summed E-state index contributed by atoms with van der Waals surface area (Å²) in [5.41, 5.74) is 0.544. The van der Waals surface area contributed by atoms with Gasteiger partial charge >= 0.3 is 5.97 Å². The van der Waals surface area contributed by atoms with Crippen molar-refractivity contribution in [1.29, 1.82) is 0 Å². The molecule has 1 aromatic rings. The Bertz CT molecular complexity index is 1110. The number of carbonyl (C=O) groups excluding carboxylic acids is 3. The number of esters is 1. The van der Waals surface area contributed by atoms with Crippen LogP contribution in [0, 0.1) is 25.7 Å². The number of nitrogens with zero attached hydrogens (tertiary/aromatic N) is 2. The minimum atomic E-state index is -1.19. The molecular formula is C30H40N2O6. The van der Waals surface area contributed by atoms with Crippen molar-refractivity contribution in [3.05, 3.63) is 54.6 Å². The number of hydrogen-bond donors (Lipinski definition) is 1. The number of aryl methyl sites for hydroxylation is 2. The smallest absolute Gasteiger partial charge is 0.312 e. The van der Waals surface area contributed by atoms with E-state index in [9.17, 15) is 19.5 Å². The summed E-state index contributed by atoms with van der Waals surface area (Å²) in [5.74, 6) is -2.80. The van der Waals surface area contributed by atoms with Crippen LogP contribution < -0.4 is 4.90 Å². The first-order valence-electron chi connectivity index (χ1n) is 13.5. The minimum Gasteiger partial charge on any atom is -0.465 e. The maximum Gasteiger partial charge on any atom is 0.312 e. The van der Waals surface area contributed by atoms with Crippen LogP contribution in [0.5, 0.6) is 0 Å². The van der Waals surface area contributed by atoms with E-state index in [1.54, 1.807) is 24.0 Å². The molecule has 0 aliphatic carbocycles. The molecule has 1 spiro atoms. The number of ether oxygens (including phenoxy) is 2. The molecule has 3 aliphatic rings. The molecule has 8 nitrogen and oxygen atoms in total.